The fourth-order valence-corrected chi connectivity index (χ4v) is 8.53. The standard InChI is InChI=1S/2C26H26FN3O6/c2*1-13(35-18-7-4-15(5-8-18)23(33)14-2-3-14)26-29-24(30-36-26)16-6-9-19(20(27)10-16)25(34)28-17-11-21(31)22(32)12-17/h2*4-10,13-14,17,21-22,31-32H,2-3,11-12H2,1H3,(H,28,34)/t13-,21+,22+;13-,21-,22-/m11/s1. The molecule has 4 aromatic carbocycles. The Morgan fingerprint density at radius 1 is 0.556 bits per heavy atom. The smallest absolute Gasteiger partial charge is 0.267 e. The van der Waals surface area contributed by atoms with Crippen LogP contribution in [-0.4, -0.2) is 101 Å². The zero-order chi connectivity index (χ0) is 50.8. The Hall–Kier alpha value is -7.26. The van der Waals surface area contributed by atoms with Gasteiger partial charge in [0.2, 0.25) is 11.6 Å². The molecule has 18 nitrogen and oxygen atoms in total. The van der Waals surface area contributed by atoms with Gasteiger partial charge in [-0.05, 0) is 138 Å². The molecule has 6 aromatic rings. The third kappa shape index (κ3) is 11.7. The van der Waals surface area contributed by atoms with Crippen LogP contribution in [0, 0.1) is 23.5 Å². The van der Waals surface area contributed by atoms with Gasteiger partial charge < -0.3 is 49.6 Å². The minimum Gasteiger partial charge on any atom is -0.481 e. The molecule has 2 heterocycles. The van der Waals surface area contributed by atoms with Crippen molar-refractivity contribution in [3.05, 3.63) is 131 Å². The summed E-state index contributed by atoms with van der Waals surface area (Å²) < 4.78 is 51.7. The molecule has 6 N–H and O–H groups in total. The molecule has 376 valence electrons. The number of ether oxygens (including phenoxy) is 2. The Morgan fingerprint density at radius 3 is 1.22 bits per heavy atom. The lowest BCUT2D eigenvalue weighted by molar-refractivity contribution is 0.0438. The summed E-state index contributed by atoms with van der Waals surface area (Å²) >= 11 is 0. The summed E-state index contributed by atoms with van der Waals surface area (Å²) in [5.74, 6) is -0.460. The first kappa shape index (κ1) is 49.7. The van der Waals surface area contributed by atoms with Crippen molar-refractivity contribution >= 4 is 23.4 Å². The van der Waals surface area contributed by atoms with E-state index >= 15 is 0 Å². The van der Waals surface area contributed by atoms with Gasteiger partial charge in [-0.2, -0.15) is 9.97 Å². The summed E-state index contributed by atoms with van der Waals surface area (Å²) in [4.78, 5) is 57.8. The van der Waals surface area contributed by atoms with Gasteiger partial charge in [0.1, 0.15) is 23.1 Å². The molecule has 72 heavy (non-hydrogen) atoms. The monoisotopic (exact) mass is 990 g/mol. The Bertz CT molecular complexity index is 2720. The van der Waals surface area contributed by atoms with Crippen molar-refractivity contribution in [3.8, 4) is 34.3 Å². The van der Waals surface area contributed by atoms with E-state index in [1.165, 1.54) is 24.3 Å². The van der Waals surface area contributed by atoms with E-state index in [1.807, 2.05) is 0 Å². The number of carbonyl (C=O) groups is 4. The predicted octanol–water partition coefficient (Wildman–Crippen LogP) is 6.44. The van der Waals surface area contributed by atoms with E-state index in [-0.39, 0.29) is 83.6 Å². The van der Waals surface area contributed by atoms with Crippen LogP contribution in [0.3, 0.4) is 0 Å². The molecule has 0 spiro atoms. The first-order valence-corrected chi connectivity index (χ1v) is 23.8. The number of carbonyl (C=O) groups excluding carboxylic acids is 4. The Morgan fingerprint density at radius 2 is 0.903 bits per heavy atom. The average Bonchev–Trinajstić information content (AvgIpc) is 4.22. The number of ketones is 2. The van der Waals surface area contributed by atoms with E-state index in [1.54, 1.807) is 62.4 Å². The molecular weight excluding hydrogens is 939 g/mol. The number of hydrogen-bond acceptors (Lipinski definition) is 16. The van der Waals surface area contributed by atoms with Crippen LogP contribution >= 0.6 is 0 Å². The highest BCUT2D eigenvalue weighted by atomic mass is 19.1. The van der Waals surface area contributed by atoms with Crippen LogP contribution in [0.2, 0.25) is 0 Å². The molecule has 0 bridgehead atoms. The molecule has 0 unspecified atom stereocenters. The van der Waals surface area contributed by atoms with Crippen LogP contribution in [0.4, 0.5) is 8.78 Å². The van der Waals surface area contributed by atoms with Gasteiger partial charge in [-0.25, -0.2) is 8.78 Å². The van der Waals surface area contributed by atoms with E-state index in [2.05, 4.69) is 30.9 Å². The number of halogens is 2. The number of Topliss-reactive ketones (excluding diaryl/α,β-unsaturated/α-hetero) is 2. The number of nitrogens with zero attached hydrogens (tertiary/aromatic N) is 4. The Kier molecular flexibility index (Phi) is 14.7. The van der Waals surface area contributed by atoms with E-state index in [0.717, 1.165) is 37.8 Å². The zero-order valence-electron chi connectivity index (χ0n) is 39.1. The highest BCUT2D eigenvalue weighted by Gasteiger charge is 2.35. The number of aliphatic hydroxyl groups excluding tert-OH is 4. The fourth-order valence-electron chi connectivity index (χ4n) is 8.53. The molecule has 0 radical (unpaired) electrons. The molecular formula is C52H52F2N6O12. The van der Waals surface area contributed by atoms with E-state index in [9.17, 15) is 48.4 Å². The number of benzene rings is 4. The second-order valence-corrected chi connectivity index (χ2v) is 18.7. The molecule has 6 atom stereocenters. The molecule has 4 aliphatic rings. The van der Waals surface area contributed by atoms with Crippen molar-refractivity contribution in [2.45, 2.75) is 114 Å². The molecule has 0 aliphatic heterocycles. The topological polar surface area (TPSA) is 270 Å². The van der Waals surface area contributed by atoms with E-state index in [4.69, 9.17) is 18.5 Å². The van der Waals surface area contributed by atoms with Gasteiger partial charge in [-0.3, -0.25) is 19.2 Å². The molecule has 20 heteroatoms. The average molecular weight is 991 g/mol. The highest BCUT2D eigenvalue weighted by Crippen LogP contribution is 2.35. The lowest BCUT2D eigenvalue weighted by Crippen LogP contribution is -2.34. The molecule has 4 saturated carbocycles. The first-order chi connectivity index (χ1) is 34.6. The summed E-state index contributed by atoms with van der Waals surface area (Å²) in [6, 6.07) is 20.9. The Labute approximate surface area is 410 Å². The minimum absolute atomic E-state index is 0.138. The Balaban J connectivity index is 0.000000178. The number of aromatic nitrogens is 4. The van der Waals surface area contributed by atoms with Crippen molar-refractivity contribution in [1.29, 1.82) is 0 Å². The second kappa shape index (κ2) is 21.2. The minimum atomic E-state index is -0.905. The predicted molar refractivity (Wildman–Crippen MR) is 249 cm³/mol. The number of amides is 2. The molecule has 0 saturated heterocycles. The van der Waals surface area contributed by atoms with Crippen LogP contribution in [-0.2, 0) is 0 Å². The number of hydrogen-bond donors (Lipinski definition) is 6. The molecule has 10 rings (SSSR count). The third-order valence-electron chi connectivity index (χ3n) is 13.0. The summed E-state index contributed by atoms with van der Waals surface area (Å²) in [6.45, 7) is 3.46. The van der Waals surface area contributed by atoms with Gasteiger partial charge in [-0.1, -0.05) is 22.4 Å². The lowest BCUT2D eigenvalue weighted by atomic mass is 10.1. The van der Waals surface area contributed by atoms with Crippen molar-refractivity contribution in [3.63, 3.8) is 0 Å². The zero-order valence-corrected chi connectivity index (χ0v) is 39.1. The summed E-state index contributed by atoms with van der Waals surface area (Å²) in [6.07, 6.45) is -0.178. The SMILES string of the molecule is C[C@@H](Oc1ccc(C(=O)C2CC2)cc1)c1nc(-c2ccc(C(=O)NC3C[C@@H](O)[C@H](O)C3)c(F)c2)no1.C[C@@H](Oc1ccc(C(=O)C2CC2)cc1)c1nc(-c2ccc(C(=O)NC3C[C@H](O)[C@@H](O)C3)c(F)c2)no1. The number of nitrogens with one attached hydrogen (secondary N) is 2. The third-order valence-corrected chi connectivity index (χ3v) is 13.0. The molecule has 4 aliphatic carbocycles. The summed E-state index contributed by atoms with van der Waals surface area (Å²) in [7, 11) is 0. The maximum Gasteiger partial charge on any atom is 0.267 e. The van der Waals surface area contributed by atoms with Crippen LogP contribution in [0.15, 0.2) is 94.0 Å². The normalized spacial score (nSPS) is 20.8. The molecule has 4 fully saturated rings. The maximum absolute atomic E-state index is 14.7. The van der Waals surface area contributed by atoms with Crippen LogP contribution in [0.1, 0.15) is 131 Å². The van der Waals surface area contributed by atoms with Crippen molar-refractivity contribution in [1.82, 2.24) is 30.9 Å². The summed E-state index contributed by atoms with van der Waals surface area (Å²) in [5.41, 5.74) is 1.63. The van der Waals surface area contributed by atoms with Gasteiger partial charge in [-0.15, -0.1) is 0 Å². The first-order valence-electron chi connectivity index (χ1n) is 23.8. The quantitative estimate of drug-likeness (QED) is 0.0569. The second-order valence-electron chi connectivity index (χ2n) is 18.7. The largest absolute Gasteiger partial charge is 0.481 e. The molecule has 2 amide bonds. The van der Waals surface area contributed by atoms with Crippen molar-refractivity contribution < 1.29 is 66.9 Å². The fraction of sp³-hybridized carbons (Fsp3) is 0.385. The maximum atomic E-state index is 14.7. The molecule has 2 aromatic heterocycles. The van der Waals surface area contributed by atoms with E-state index < -0.39 is 72.2 Å². The highest BCUT2D eigenvalue weighted by molar-refractivity contribution is 6.00. The number of aliphatic hydroxyl groups is 4. The van der Waals surface area contributed by atoms with Crippen LogP contribution in [0.25, 0.3) is 22.8 Å². The van der Waals surface area contributed by atoms with Gasteiger partial charge in [0.05, 0.1) is 35.5 Å². The van der Waals surface area contributed by atoms with Crippen molar-refractivity contribution in [2.75, 3.05) is 0 Å². The van der Waals surface area contributed by atoms with Crippen LogP contribution < -0.4 is 20.1 Å². The van der Waals surface area contributed by atoms with Gasteiger partial charge in [0.25, 0.3) is 23.6 Å². The lowest BCUT2D eigenvalue weighted by Gasteiger charge is -2.12. The number of rotatable bonds is 16. The van der Waals surface area contributed by atoms with Gasteiger partial charge in [0.15, 0.2) is 23.8 Å². The van der Waals surface area contributed by atoms with Crippen LogP contribution in [0.5, 0.6) is 11.5 Å². The summed E-state index contributed by atoms with van der Waals surface area (Å²) in [5, 5.41) is 51.5. The van der Waals surface area contributed by atoms with Crippen molar-refractivity contribution in [2.24, 2.45) is 11.8 Å². The van der Waals surface area contributed by atoms with Gasteiger partial charge >= 0.3 is 0 Å². The van der Waals surface area contributed by atoms with Gasteiger partial charge in [0, 0.05) is 46.2 Å². The van der Waals surface area contributed by atoms with E-state index in [0.29, 0.717) is 33.8 Å².